The third-order valence-corrected chi connectivity index (χ3v) is 7.18. The molecule has 3 aromatic rings. The topological polar surface area (TPSA) is 0 Å². The van der Waals surface area contributed by atoms with Crippen molar-refractivity contribution in [2.24, 2.45) is 0 Å². The molecule has 0 aliphatic heterocycles. The molecule has 0 fully saturated rings. The summed E-state index contributed by atoms with van der Waals surface area (Å²) in [6, 6.07) is 18.2. The molecule has 2 aliphatic rings. The van der Waals surface area contributed by atoms with E-state index in [0.29, 0.717) is 11.8 Å². The van der Waals surface area contributed by atoms with E-state index >= 15 is 0 Å². The summed E-state index contributed by atoms with van der Waals surface area (Å²) in [6.45, 7) is 8.98. The normalized spacial score (nSPS) is 18.7. The number of aryl methyl sites for hydroxylation is 4. The Balaban J connectivity index is 1.45. The molecule has 0 spiro atoms. The van der Waals surface area contributed by atoms with Crippen LogP contribution in [0.1, 0.15) is 67.5 Å². The number of benzene rings is 3. The largest absolute Gasteiger partial charge is 0.0760 e. The van der Waals surface area contributed by atoms with Crippen molar-refractivity contribution in [1.29, 1.82) is 0 Å². The SMILES string of the molecule is Cc1ccc(C)c2c1C=CC2Cc1ccccc1CC1C=Cc2c(C)ccc(C)c21. The van der Waals surface area contributed by atoms with Gasteiger partial charge in [-0.25, -0.2) is 0 Å². The average molecular weight is 391 g/mol. The molecule has 5 rings (SSSR count). The van der Waals surface area contributed by atoms with Gasteiger partial charge in [0.25, 0.3) is 0 Å². The third-order valence-electron chi connectivity index (χ3n) is 7.18. The molecule has 0 nitrogen and oxygen atoms in total. The van der Waals surface area contributed by atoms with Gasteiger partial charge in [-0.2, -0.15) is 0 Å². The highest BCUT2D eigenvalue weighted by Gasteiger charge is 2.24. The van der Waals surface area contributed by atoms with Crippen LogP contribution in [0.25, 0.3) is 12.2 Å². The van der Waals surface area contributed by atoms with Crippen molar-refractivity contribution < 1.29 is 0 Å². The van der Waals surface area contributed by atoms with Crippen LogP contribution in [-0.2, 0) is 12.8 Å². The van der Waals surface area contributed by atoms with Crippen LogP contribution in [-0.4, -0.2) is 0 Å². The molecule has 0 aromatic heterocycles. The van der Waals surface area contributed by atoms with Crippen LogP contribution in [0.3, 0.4) is 0 Å². The van der Waals surface area contributed by atoms with Crippen molar-refractivity contribution in [1.82, 2.24) is 0 Å². The molecule has 0 heteroatoms. The van der Waals surface area contributed by atoms with Gasteiger partial charge in [-0.3, -0.25) is 0 Å². The van der Waals surface area contributed by atoms with Crippen LogP contribution in [0.4, 0.5) is 0 Å². The molecule has 0 saturated heterocycles. The minimum absolute atomic E-state index is 0.483. The Labute approximate surface area is 181 Å². The van der Waals surface area contributed by atoms with Gasteiger partial charge in [-0.05, 0) is 96.2 Å². The van der Waals surface area contributed by atoms with E-state index in [1.807, 2.05) is 0 Å². The zero-order chi connectivity index (χ0) is 20.8. The second-order valence-electron chi connectivity index (χ2n) is 9.16. The zero-order valence-corrected chi connectivity index (χ0v) is 18.5. The molecule has 0 saturated carbocycles. The summed E-state index contributed by atoms with van der Waals surface area (Å²) in [4.78, 5) is 0. The Morgan fingerprint density at radius 2 is 0.933 bits per heavy atom. The summed E-state index contributed by atoms with van der Waals surface area (Å²) >= 11 is 0. The van der Waals surface area contributed by atoms with Gasteiger partial charge in [-0.1, -0.05) is 72.8 Å². The van der Waals surface area contributed by atoms with Crippen LogP contribution >= 0.6 is 0 Å². The van der Waals surface area contributed by atoms with Gasteiger partial charge in [-0.15, -0.1) is 0 Å². The van der Waals surface area contributed by atoms with Gasteiger partial charge in [0.2, 0.25) is 0 Å². The molecule has 30 heavy (non-hydrogen) atoms. The van der Waals surface area contributed by atoms with Gasteiger partial charge < -0.3 is 0 Å². The second kappa shape index (κ2) is 7.43. The summed E-state index contributed by atoms with van der Waals surface area (Å²) in [6.07, 6.45) is 11.7. The van der Waals surface area contributed by atoms with Crippen LogP contribution in [0, 0.1) is 27.7 Å². The molecule has 0 amide bonds. The van der Waals surface area contributed by atoms with E-state index in [9.17, 15) is 0 Å². The van der Waals surface area contributed by atoms with Gasteiger partial charge in [0.15, 0.2) is 0 Å². The lowest BCUT2D eigenvalue weighted by Crippen LogP contribution is -2.07. The summed E-state index contributed by atoms with van der Waals surface area (Å²) in [7, 11) is 0. The van der Waals surface area contributed by atoms with E-state index in [1.54, 1.807) is 0 Å². The Morgan fingerprint density at radius 1 is 0.533 bits per heavy atom. The fourth-order valence-electron chi connectivity index (χ4n) is 5.52. The standard InChI is InChI=1S/C30H30/c1-19-9-11-21(3)29-25(13-15-27(19)29)17-23-7-5-6-8-24(23)18-26-14-16-28-20(2)10-12-22(4)30(26)28/h5-16,25-26H,17-18H2,1-4H3. The molecular weight excluding hydrogens is 360 g/mol. The number of hydrogen-bond donors (Lipinski definition) is 0. The monoisotopic (exact) mass is 390 g/mol. The quantitative estimate of drug-likeness (QED) is 0.429. The maximum Gasteiger partial charge on any atom is 0.00704 e. The minimum atomic E-state index is 0.483. The van der Waals surface area contributed by atoms with Crippen LogP contribution < -0.4 is 0 Å². The Kier molecular flexibility index (Phi) is 4.74. The highest BCUT2D eigenvalue weighted by molar-refractivity contribution is 5.69. The van der Waals surface area contributed by atoms with E-state index in [4.69, 9.17) is 0 Å². The molecule has 2 atom stereocenters. The first kappa shape index (κ1) is 19.1. The first-order valence-electron chi connectivity index (χ1n) is 11.2. The molecule has 0 N–H and O–H groups in total. The number of fused-ring (bicyclic) bond motifs is 2. The molecule has 0 bridgehead atoms. The Hall–Kier alpha value is -2.86. The van der Waals surface area contributed by atoms with Crippen molar-refractivity contribution in [2.45, 2.75) is 52.4 Å². The number of allylic oxidation sites excluding steroid dienone is 2. The highest BCUT2D eigenvalue weighted by Crippen LogP contribution is 2.40. The molecule has 2 unspecified atom stereocenters. The summed E-state index contributed by atoms with van der Waals surface area (Å²) < 4.78 is 0. The second-order valence-corrected chi connectivity index (χ2v) is 9.16. The lowest BCUT2D eigenvalue weighted by atomic mass is 9.84. The smallest absolute Gasteiger partial charge is 0.00704 e. The molecular formula is C30H30. The van der Waals surface area contributed by atoms with Gasteiger partial charge in [0.1, 0.15) is 0 Å². The van der Waals surface area contributed by atoms with Crippen molar-refractivity contribution in [3.05, 3.63) is 116 Å². The minimum Gasteiger partial charge on any atom is -0.0760 e. The maximum atomic E-state index is 2.42. The van der Waals surface area contributed by atoms with E-state index in [-0.39, 0.29) is 0 Å². The predicted octanol–water partition coefficient (Wildman–Crippen LogP) is 7.63. The molecule has 3 aromatic carbocycles. The fourth-order valence-corrected chi connectivity index (χ4v) is 5.52. The van der Waals surface area contributed by atoms with Crippen LogP contribution in [0.15, 0.2) is 60.7 Å². The van der Waals surface area contributed by atoms with Gasteiger partial charge in [0, 0.05) is 11.8 Å². The van der Waals surface area contributed by atoms with Crippen molar-refractivity contribution in [3.63, 3.8) is 0 Å². The van der Waals surface area contributed by atoms with Gasteiger partial charge in [0.05, 0.1) is 0 Å². The third kappa shape index (κ3) is 3.16. The predicted molar refractivity (Wildman–Crippen MR) is 129 cm³/mol. The van der Waals surface area contributed by atoms with Crippen molar-refractivity contribution >= 4 is 12.2 Å². The summed E-state index contributed by atoms with van der Waals surface area (Å²) in [5.41, 5.74) is 14.5. The number of rotatable bonds is 4. The first-order chi connectivity index (χ1) is 14.5. The summed E-state index contributed by atoms with van der Waals surface area (Å²) in [5.74, 6) is 0.966. The first-order valence-corrected chi connectivity index (χ1v) is 11.2. The maximum absolute atomic E-state index is 2.42. The Bertz CT molecular complexity index is 1090. The molecule has 0 heterocycles. The summed E-state index contributed by atoms with van der Waals surface area (Å²) in [5, 5.41) is 0. The van der Waals surface area contributed by atoms with E-state index in [0.717, 1.165) is 12.8 Å². The number of hydrogen-bond acceptors (Lipinski definition) is 0. The van der Waals surface area contributed by atoms with Crippen molar-refractivity contribution in [3.8, 4) is 0 Å². The molecule has 150 valence electrons. The average Bonchev–Trinajstić information content (AvgIpc) is 3.35. The molecule has 0 radical (unpaired) electrons. The zero-order valence-electron chi connectivity index (χ0n) is 18.5. The van der Waals surface area contributed by atoms with E-state index in [2.05, 4.69) is 101 Å². The van der Waals surface area contributed by atoms with Crippen LogP contribution in [0.5, 0.6) is 0 Å². The van der Waals surface area contributed by atoms with Crippen LogP contribution in [0.2, 0.25) is 0 Å². The lowest BCUT2D eigenvalue weighted by Gasteiger charge is -2.20. The fraction of sp³-hybridized carbons (Fsp3) is 0.267. The van der Waals surface area contributed by atoms with E-state index in [1.165, 1.54) is 55.6 Å². The highest BCUT2D eigenvalue weighted by atomic mass is 14.3. The lowest BCUT2D eigenvalue weighted by molar-refractivity contribution is 0.792. The van der Waals surface area contributed by atoms with Gasteiger partial charge >= 0.3 is 0 Å². The van der Waals surface area contributed by atoms with Crippen molar-refractivity contribution in [2.75, 3.05) is 0 Å². The Morgan fingerprint density at radius 3 is 1.37 bits per heavy atom. The molecule has 2 aliphatic carbocycles. The van der Waals surface area contributed by atoms with E-state index < -0.39 is 0 Å².